The van der Waals surface area contributed by atoms with Gasteiger partial charge in [0, 0.05) is 24.8 Å². The molecule has 0 spiro atoms. The van der Waals surface area contributed by atoms with Gasteiger partial charge in [-0.15, -0.1) is 0 Å². The summed E-state index contributed by atoms with van der Waals surface area (Å²) in [6.45, 7) is 6.09. The lowest BCUT2D eigenvalue weighted by atomic mass is 9.89. The molecule has 168 valence electrons. The zero-order valence-electron chi connectivity index (χ0n) is 18.4. The van der Waals surface area contributed by atoms with Gasteiger partial charge in [-0.3, -0.25) is 4.90 Å². The summed E-state index contributed by atoms with van der Waals surface area (Å²) in [5, 5.41) is 9.94. The molecule has 2 heterocycles. The third kappa shape index (κ3) is 6.26. The topological polar surface area (TPSA) is 78.0 Å². The summed E-state index contributed by atoms with van der Waals surface area (Å²) in [7, 11) is 0. The van der Waals surface area contributed by atoms with Crippen molar-refractivity contribution in [2.75, 3.05) is 42.1 Å². The van der Waals surface area contributed by atoms with Crippen molar-refractivity contribution in [1.82, 2.24) is 19.9 Å². The summed E-state index contributed by atoms with van der Waals surface area (Å²) in [5.41, 5.74) is 0.614. The third-order valence-corrected chi connectivity index (χ3v) is 6.39. The molecule has 8 heteroatoms. The van der Waals surface area contributed by atoms with E-state index in [0.717, 1.165) is 26.2 Å². The molecule has 1 saturated carbocycles. The number of aromatic nitrogens is 3. The highest BCUT2D eigenvalue weighted by Gasteiger charge is 2.23. The Morgan fingerprint density at radius 3 is 2.42 bits per heavy atom. The lowest BCUT2D eigenvalue weighted by molar-refractivity contribution is 0.277. The summed E-state index contributed by atoms with van der Waals surface area (Å²) >= 11 is 0. The van der Waals surface area contributed by atoms with Gasteiger partial charge in [-0.1, -0.05) is 32.3 Å². The van der Waals surface area contributed by atoms with E-state index in [4.69, 9.17) is 0 Å². The van der Waals surface area contributed by atoms with Crippen LogP contribution in [0.2, 0.25) is 0 Å². The molecule has 2 fully saturated rings. The minimum atomic E-state index is -0.297. The molecule has 1 aliphatic carbocycles. The van der Waals surface area contributed by atoms with Crippen molar-refractivity contribution in [3.05, 3.63) is 30.1 Å². The lowest BCUT2D eigenvalue weighted by Crippen LogP contribution is -2.35. The number of likely N-dealkylation sites (tertiary alicyclic amines) is 1. The molecule has 0 bridgehead atoms. The van der Waals surface area contributed by atoms with Crippen molar-refractivity contribution in [2.45, 2.75) is 57.9 Å². The van der Waals surface area contributed by atoms with Gasteiger partial charge in [-0.05, 0) is 62.9 Å². The predicted molar refractivity (Wildman–Crippen MR) is 123 cm³/mol. The Morgan fingerprint density at radius 1 is 0.935 bits per heavy atom. The lowest BCUT2D eigenvalue weighted by Gasteiger charge is -2.23. The van der Waals surface area contributed by atoms with Crippen LogP contribution in [0.1, 0.15) is 51.9 Å². The first-order valence-electron chi connectivity index (χ1n) is 11.7. The standard InChI is InChI=1S/C23H34FN7/c1-2-31-13-7-12-20(31)16-26-22-28-21(25-15-17-8-4-3-5-9-17)29-23(30-22)27-19-11-6-10-18(24)14-19/h6,10-11,14,17,20H,2-5,7-9,12-13,15-16H2,1H3,(H3,25,26,27,28,29,30). The zero-order valence-corrected chi connectivity index (χ0v) is 18.4. The maximum absolute atomic E-state index is 13.6. The van der Waals surface area contributed by atoms with Gasteiger partial charge in [-0.25, -0.2) is 4.39 Å². The number of rotatable bonds is 9. The molecule has 4 rings (SSSR count). The fourth-order valence-electron chi connectivity index (χ4n) is 4.66. The first-order valence-corrected chi connectivity index (χ1v) is 11.7. The van der Waals surface area contributed by atoms with Crippen LogP contribution in [0, 0.1) is 11.7 Å². The molecule has 2 aliphatic rings. The Bertz CT molecular complexity index is 840. The van der Waals surface area contributed by atoms with Crippen LogP contribution in [0.5, 0.6) is 0 Å². The highest BCUT2D eigenvalue weighted by Crippen LogP contribution is 2.24. The maximum Gasteiger partial charge on any atom is 0.233 e. The van der Waals surface area contributed by atoms with E-state index >= 15 is 0 Å². The summed E-state index contributed by atoms with van der Waals surface area (Å²) in [5.74, 6) is 1.88. The van der Waals surface area contributed by atoms with Gasteiger partial charge in [0.25, 0.3) is 0 Å². The Kier molecular flexibility index (Phi) is 7.51. The maximum atomic E-state index is 13.6. The van der Waals surface area contributed by atoms with Crippen LogP contribution >= 0.6 is 0 Å². The van der Waals surface area contributed by atoms with E-state index in [0.29, 0.717) is 35.5 Å². The van der Waals surface area contributed by atoms with Gasteiger partial charge in [-0.2, -0.15) is 15.0 Å². The number of nitrogens with zero attached hydrogens (tertiary/aromatic N) is 4. The Balaban J connectivity index is 1.46. The summed E-state index contributed by atoms with van der Waals surface area (Å²) in [6.07, 6.45) is 8.88. The number of halogens is 1. The van der Waals surface area contributed by atoms with Crippen molar-refractivity contribution in [1.29, 1.82) is 0 Å². The molecule has 1 unspecified atom stereocenters. The van der Waals surface area contributed by atoms with Gasteiger partial charge in [0.05, 0.1) is 0 Å². The normalized spacial score (nSPS) is 20.0. The number of benzene rings is 1. The number of nitrogens with one attached hydrogen (secondary N) is 3. The van der Waals surface area contributed by atoms with E-state index < -0.39 is 0 Å². The molecule has 0 amide bonds. The number of hydrogen-bond acceptors (Lipinski definition) is 7. The second-order valence-corrected chi connectivity index (χ2v) is 8.63. The van der Waals surface area contributed by atoms with E-state index in [1.165, 1.54) is 57.1 Å². The van der Waals surface area contributed by atoms with Gasteiger partial charge in [0.15, 0.2) is 0 Å². The van der Waals surface area contributed by atoms with Crippen LogP contribution in [-0.2, 0) is 0 Å². The first-order chi connectivity index (χ1) is 15.2. The number of anilines is 4. The molecular weight excluding hydrogens is 393 g/mol. The second-order valence-electron chi connectivity index (χ2n) is 8.63. The predicted octanol–water partition coefficient (Wildman–Crippen LogP) is 4.64. The number of likely N-dealkylation sites (N-methyl/N-ethyl adjacent to an activating group) is 1. The van der Waals surface area contributed by atoms with Crippen LogP contribution in [0.25, 0.3) is 0 Å². The molecule has 2 aromatic rings. The van der Waals surface area contributed by atoms with Crippen molar-refractivity contribution in [2.24, 2.45) is 5.92 Å². The zero-order chi connectivity index (χ0) is 21.5. The molecule has 1 aromatic carbocycles. The summed E-state index contributed by atoms with van der Waals surface area (Å²) in [6, 6.07) is 6.82. The molecule has 0 radical (unpaired) electrons. The average molecular weight is 428 g/mol. The average Bonchev–Trinajstić information content (AvgIpc) is 3.25. The minimum absolute atomic E-state index is 0.297. The molecule has 1 aliphatic heterocycles. The van der Waals surface area contributed by atoms with E-state index in [9.17, 15) is 4.39 Å². The Hall–Kier alpha value is -2.48. The SMILES string of the molecule is CCN1CCCC1CNc1nc(NCC2CCCCC2)nc(Nc2cccc(F)c2)n1. The highest BCUT2D eigenvalue weighted by atomic mass is 19.1. The highest BCUT2D eigenvalue weighted by molar-refractivity contribution is 5.55. The quantitative estimate of drug-likeness (QED) is 0.538. The monoisotopic (exact) mass is 427 g/mol. The minimum Gasteiger partial charge on any atom is -0.354 e. The molecule has 7 nitrogen and oxygen atoms in total. The van der Waals surface area contributed by atoms with E-state index in [2.05, 4.69) is 42.7 Å². The molecule has 1 saturated heterocycles. The van der Waals surface area contributed by atoms with Crippen molar-refractivity contribution in [3.8, 4) is 0 Å². The van der Waals surface area contributed by atoms with E-state index in [1.54, 1.807) is 12.1 Å². The van der Waals surface area contributed by atoms with Gasteiger partial charge in [0.2, 0.25) is 17.8 Å². The van der Waals surface area contributed by atoms with Crippen molar-refractivity contribution in [3.63, 3.8) is 0 Å². The number of hydrogen-bond donors (Lipinski definition) is 3. The fourth-order valence-corrected chi connectivity index (χ4v) is 4.66. The fraction of sp³-hybridized carbons (Fsp3) is 0.609. The van der Waals surface area contributed by atoms with Crippen molar-refractivity contribution < 1.29 is 4.39 Å². The van der Waals surface area contributed by atoms with Crippen LogP contribution in [0.4, 0.5) is 27.9 Å². The molecule has 1 aromatic heterocycles. The second kappa shape index (κ2) is 10.7. The third-order valence-electron chi connectivity index (χ3n) is 6.39. The van der Waals surface area contributed by atoms with Crippen molar-refractivity contribution >= 4 is 23.5 Å². The molecule has 1 atom stereocenters. The van der Waals surface area contributed by atoms with Gasteiger partial charge in [0.1, 0.15) is 5.82 Å². The molecule has 3 N–H and O–H groups in total. The smallest absolute Gasteiger partial charge is 0.233 e. The van der Waals surface area contributed by atoms with Crippen LogP contribution in [0.3, 0.4) is 0 Å². The van der Waals surface area contributed by atoms with Gasteiger partial charge < -0.3 is 16.0 Å². The van der Waals surface area contributed by atoms with Crippen LogP contribution in [0.15, 0.2) is 24.3 Å². The Morgan fingerprint density at radius 2 is 1.68 bits per heavy atom. The van der Waals surface area contributed by atoms with Crippen LogP contribution in [-0.4, -0.2) is 52.1 Å². The summed E-state index contributed by atoms with van der Waals surface area (Å²) in [4.78, 5) is 16.2. The molecule has 31 heavy (non-hydrogen) atoms. The van der Waals surface area contributed by atoms with Crippen LogP contribution < -0.4 is 16.0 Å². The Labute approximate surface area is 184 Å². The summed E-state index contributed by atoms with van der Waals surface area (Å²) < 4.78 is 13.6. The first kappa shape index (κ1) is 21.7. The van der Waals surface area contributed by atoms with E-state index in [1.807, 2.05) is 0 Å². The largest absolute Gasteiger partial charge is 0.354 e. The molecular formula is C23H34FN7. The van der Waals surface area contributed by atoms with Gasteiger partial charge >= 0.3 is 0 Å². The van der Waals surface area contributed by atoms with E-state index in [-0.39, 0.29) is 5.82 Å².